The number of hydrogen-bond acceptors (Lipinski definition) is 4. The minimum Gasteiger partial charge on any atom is -0.497 e. The van der Waals surface area contributed by atoms with Crippen LogP contribution < -0.4 is 10.6 Å². The second kappa shape index (κ2) is 4.81. The normalized spacial score (nSPS) is 12.5. The minimum absolute atomic E-state index is 0.149. The molecule has 3 N–H and O–H groups in total. The van der Waals surface area contributed by atoms with Crippen LogP contribution in [0.25, 0.3) is 0 Å². The molecule has 1 rings (SSSR count). The zero-order valence-electron chi connectivity index (χ0n) is 7.43. The molecule has 0 radical (unpaired) electrons. The first-order valence-corrected chi connectivity index (χ1v) is 3.92. The van der Waals surface area contributed by atoms with Crippen molar-refractivity contribution < 1.29 is 14.7 Å². The van der Waals surface area contributed by atoms with Crippen LogP contribution in [0.3, 0.4) is 0 Å². The van der Waals surface area contributed by atoms with Crippen LogP contribution in [0.2, 0.25) is 0 Å². The lowest BCUT2D eigenvalue weighted by molar-refractivity contribution is 0.0107. The molecule has 0 spiro atoms. The number of benzene rings is 1. The Kier molecular flexibility index (Phi) is 3.70. The molecule has 0 fully saturated rings. The van der Waals surface area contributed by atoms with Gasteiger partial charge in [0.2, 0.25) is 0 Å². The van der Waals surface area contributed by atoms with Gasteiger partial charge in [0.1, 0.15) is 11.9 Å². The van der Waals surface area contributed by atoms with Crippen LogP contribution in [-0.2, 0) is 4.84 Å². The molecule has 1 aromatic carbocycles. The molecule has 0 bridgehead atoms. The molecule has 1 unspecified atom stereocenters. The SMILES string of the molecule is COc1cccc(C(CO)ON)c1. The maximum absolute atomic E-state index is 8.90. The average molecular weight is 183 g/mol. The summed E-state index contributed by atoms with van der Waals surface area (Å²) in [6.07, 6.45) is -0.491. The monoisotopic (exact) mass is 183 g/mol. The summed E-state index contributed by atoms with van der Waals surface area (Å²) in [6, 6.07) is 7.22. The van der Waals surface area contributed by atoms with Crippen molar-refractivity contribution in [1.29, 1.82) is 0 Å². The van der Waals surface area contributed by atoms with E-state index in [-0.39, 0.29) is 6.61 Å². The second-order valence-electron chi connectivity index (χ2n) is 2.58. The molecule has 0 saturated heterocycles. The quantitative estimate of drug-likeness (QED) is 0.671. The van der Waals surface area contributed by atoms with Crippen molar-refractivity contribution in [2.75, 3.05) is 13.7 Å². The molecule has 4 nitrogen and oxygen atoms in total. The predicted octanol–water partition coefficient (Wildman–Crippen LogP) is 0.619. The Labute approximate surface area is 76.8 Å². The Balaban J connectivity index is 2.86. The van der Waals surface area contributed by atoms with E-state index in [2.05, 4.69) is 4.84 Å². The van der Waals surface area contributed by atoms with Crippen molar-refractivity contribution in [2.24, 2.45) is 5.90 Å². The van der Waals surface area contributed by atoms with E-state index in [1.807, 2.05) is 18.2 Å². The third-order valence-corrected chi connectivity index (χ3v) is 1.80. The van der Waals surface area contributed by atoms with Gasteiger partial charge in [0.25, 0.3) is 0 Å². The van der Waals surface area contributed by atoms with Gasteiger partial charge in [-0.25, -0.2) is 5.90 Å². The molecule has 0 aromatic heterocycles. The van der Waals surface area contributed by atoms with Gasteiger partial charge in [0, 0.05) is 0 Å². The average Bonchev–Trinajstić information content (AvgIpc) is 2.20. The maximum Gasteiger partial charge on any atom is 0.127 e. The van der Waals surface area contributed by atoms with Crippen LogP contribution >= 0.6 is 0 Å². The number of rotatable bonds is 4. The lowest BCUT2D eigenvalue weighted by Crippen LogP contribution is -2.13. The molecular formula is C9H13NO3. The van der Waals surface area contributed by atoms with E-state index in [0.29, 0.717) is 5.75 Å². The fourth-order valence-corrected chi connectivity index (χ4v) is 1.07. The number of aliphatic hydroxyl groups excluding tert-OH is 1. The highest BCUT2D eigenvalue weighted by Gasteiger charge is 2.09. The summed E-state index contributed by atoms with van der Waals surface area (Å²) in [6.45, 7) is -0.149. The van der Waals surface area contributed by atoms with Crippen molar-refractivity contribution in [3.8, 4) is 5.75 Å². The molecule has 0 aliphatic rings. The highest BCUT2D eigenvalue weighted by atomic mass is 16.6. The summed E-state index contributed by atoms with van der Waals surface area (Å²) in [5.74, 6) is 5.72. The highest BCUT2D eigenvalue weighted by molar-refractivity contribution is 5.29. The van der Waals surface area contributed by atoms with Gasteiger partial charge in [-0.05, 0) is 17.7 Å². The number of methoxy groups -OCH3 is 1. The van der Waals surface area contributed by atoms with E-state index >= 15 is 0 Å². The molecule has 72 valence electrons. The van der Waals surface area contributed by atoms with E-state index in [0.717, 1.165) is 5.56 Å². The van der Waals surface area contributed by atoms with Gasteiger partial charge in [-0.3, -0.25) is 4.84 Å². The Hall–Kier alpha value is -1.10. The van der Waals surface area contributed by atoms with Crippen LogP contribution in [0, 0.1) is 0 Å². The highest BCUT2D eigenvalue weighted by Crippen LogP contribution is 2.20. The Morgan fingerprint density at radius 2 is 2.31 bits per heavy atom. The van der Waals surface area contributed by atoms with Gasteiger partial charge < -0.3 is 9.84 Å². The van der Waals surface area contributed by atoms with Crippen molar-refractivity contribution in [2.45, 2.75) is 6.10 Å². The van der Waals surface area contributed by atoms with E-state index in [1.54, 1.807) is 13.2 Å². The molecular weight excluding hydrogens is 170 g/mol. The fraction of sp³-hybridized carbons (Fsp3) is 0.333. The lowest BCUT2D eigenvalue weighted by atomic mass is 10.1. The van der Waals surface area contributed by atoms with E-state index in [1.165, 1.54) is 0 Å². The van der Waals surface area contributed by atoms with Crippen molar-refractivity contribution in [3.63, 3.8) is 0 Å². The van der Waals surface area contributed by atoms with Gasteiger partial charge in [-0.1, -0.05) is 12.1 Å². The molecule has 0 aliphatic carbocycles. The van der Waals surface area contributed by atoms with Crippen molar-refractivity contribution >= 4 is 0 Å². The van der Waals surface area contributed by atoms with E-state index in [4.69, 9.17) is 15.7 Å². The molecule has 4 heteroatoms. The van der Waals surface area contributed by atoms with Crippen molar-refractivity contribution in [3.05, 3.63) is 29.8 Å². The molecule has 1 aromatic rings. The molecule has 0 amide bonds. The molecule has 0 heterocycles. The number of nitrogens with two attached hydrogens (primary N) is 1. The van der Waals surface area contributed by atoms with Crippen molar-refractivity contribution in [1.82, 2.24) is 0 Å². The van der Waals surface area contributed by atoms with Gasteiger partial charge in [0.05, 0.1) is 13.7 Å². The van der Waals surface area contributed by atoms with Gasteiger partial charge in [-0.15, -0.1) is 0 Å². The standard InChI is InChI=1S/C9H13NO3/c1-12-8-4-2-3-7(5-8)9(6-11)13-10/h2-5,9,11H,6,10H2,1H3. The number of ether oxygens (including phenoxy) is 1. The Morgan fingerprint density at radius 3 is 2.85 bits per heavy atom. The van der Waals surface area contributed by atoms with Gasteiger partial charge in [-0.2, -0.15) is 0 Å². The summed E-state index contributed by atoms with van der Waals surface area (Å²) in [4.78, 5) is 4.58. The summed E-state index contributed by atoms with van der Waals surface area (Å²) >= 11 is 0. The topological polar surface area (TPSA) is 64.7 Å². The summed E-state index contributed by atoms with van der Waals surface area (Å²) in [7, 11) is 1.58. The summed E-state index contributed by atoms with van der Waals surface area (Å²) in [5.41, 5.74) is 0.796. The number of hydrogen-bond donors (Lipinski definition) is 2. The van der Waals surface area contributed by atoms with Crippen LogP contribution in [0.4, 0.5) is 0 Å². The van der Waals surface area contributed by atoms with E-state index in [9.17, 15) is 0 Å². The zero-order valence-corrected chi connectivity index (χ0v) is 7.43. The summed E-state index contributed by atoms with van der Waals surface area (Å²) in [5, 5.41) is 8.90. The second-order valence-corrected chi connectivity index (χ2v) is 2.58. The largest absolute Gasteiger partial charge is 0.497 e. The predicted molar refractivity (Wildman–Crippen MR) is 48.1 cm³/mol. The summed E-state index contributed by atoms with van der Waals surface area (Å²) < 4.78 is 5.02. The van der Waals surface area contributed by atoms with Crippen LogP contribution in [0.15, 0.2) is 24.3 Å². The Morgan fingerprint density at radius 1 is 1.54 bits per heavy atom. The molecule has 1 atom stereocenters. The van der Waals surface area contributed by atoms with E-state index < -0.39 is 6.10 Å². The molecule has 13 heavy (non-hydrogen) atoms. The maximum atomic E-state index is 8.90. The van der Waals surface area contributed by atoms with Gasteiger partial charge >= 0.3 is 0 Å². The van der Waals surface area contributed by atoms with Crippen LogP contribution in [0.5, 0.6) is 5.75 Å². The van der Waals surface area contributed by atoms with Crippen LogP contribution in [-0.4, -0.2) is 18.8 Å². The first-order valence-electron chi connectivity index (χ1n) is 3.92. The third-order valence-electron chi connectivity index (χ3n) is 1.80. The molecule has 0 saturated carbocycles. The lowest BCUT2D eigenvalue weighted by Gasteiger charge is -2.12. The minimum atomic E-state index is -0.491. The Bertz CT molecular complexity index is 261. The number of aliphatic hydroxyl groups is 1. The van der Waals surface area contributed by atoms with Gasteiger partial charge in [0.15, 0.2) is 0 Å². The molecule has 0 aliphatic heterocycles. The smallest absolute Gasteiger partial charge is 0.127 e. The first kappa shape index (κ1) is 9.98. The fourth-order valence-electron chi connectivity index (χ4n) is 1.07. The first-order chi connectivity index (χ1) is 6.31. The zero-order chi connectivity index (χ0) is 9.68. The van der Waals surface area contributed by atoms with Crippen LogP contribution in [0.1, 0.15) is 11.7 Å². The third kappa shape index (κ3) is 2.42.